The van der Waals surface area contributed by atoms with E-state index in [1.807, 2.05) is 6.92 Å². The number of hydrogen-bond donors (Lipinski definition) is 0. The molecule has 2 atom stereocenters. The van der Waals surface area contributed by atoms with E-state index in [0.29, 0.717) is 0 Å². The molecule has 0 bridgehead atoms. The molecule has 1 saturated heterocycles. The fourth-order valence-corrected chi connectivity index (χ4v) is 1.94. The average molecular weight is 224 g/mol. The molecule has 2 nitrogen and oxygen atoms in total. The van der Waals surface area contributed by atoms with Crippen molar-refractivity contribution in [2.75, 3.05) is 6.61 Å². The van der Waals surface area contributed by atoms with Crippen LogP contribution in [0.5, 0.6) is 0 Å². The fraction of sp³-hybridized carbons (Fsp3) is 0.857. The zero-order valence-corrected chi connectivity index (χ0v) is 10.8. The SMILES string of the molecule is C#CC(C)(CCCC(C)C)OC1CCCO1. The molecular weight excluding hydrogens is 200 g/mol. The third-order valence-corrected chi connectivity index (χ3v) is 3.02. The molecule has 0 saturated carbocycles. The van der Waals surface area contributed by atoms with Crippen LogP contribution in [0.4, 0.5) is 0 Å². The van der Waals surface area contributed by atoms with Crippen LogP contribution < -0.4 is 0 Å². The first kappa shape index (κ1) is 13.5. The molecule has 16 heavy (non-hydrogen) atoms. The van der Waals surface area contributed by atoms with Gasteiger partial charge < -0.3 is 9.47 Å². The van der Waals surface area contributed by atoms with E-state index in [1.54, 1.807) is 0 Å². The Bertz CT molecular complexity index is 236. The summed E-state index contributed by atoms with van der Waals surface area (Å²) < 4.78 is 11.3. The Balaban J connectivity index is 2.34. The summed E-state index contributed by atoms with van der Waals surface area (Å²) in [6.07, 6.45) is 10.8. The van der Waals surface area contributed by atoms with Crippen molar-refractivity contribution >= 4 is 0 Å². The highest BCUT2D eigenvalue weighted by molar-refractivity contribution is 5.06. The monoisotopic (exact) mass is 224 g/mol. The summed E-state index contributed by atoms with van der Waals surface area (Å²) in [6.45, 7) is 7.26. The Morgan fingerprint density at radius 3 is 2.81 bits per heavy atom. The molecule has 0 aromatic carbocycles. The summed E-state index contributed by atoms with van der Waals surface area (Å²) in [5.74, 6) is 3.50. The van der Waals surface area contributed by atoms with Crippen molar-refractivity contribution in [3.63, 3.8) is 0 Å². The maximum atomic E-state index is 5.87. The van der Waals surface area contributed by atoms with Gasteiger partial charge in [0.1, 0.15) is 5.60 Å². The predicted octanol–water partition coefficient (Wildman–Crippen LogP) is 3.36. The second-order valence-electron chi connectivity index (χ2n) is 5.22. The Kier molecular flexibility index (Phi) is 5.31. The summed E-state index contributed by atoms with van der Waals surface area (Å²) >= 11 is 0. The van der Waals surface area contributed by atoms with Crippen molar-refractivity contribution in [1.29, 1.82) is 0 Å². The molecule has 0 aromatic heterocycles. The first-order chi connectivity index (χ1) is 7.56. The minimum Gasteiger partial charge on any atom is -0.353 e. The summed E-state index contributed by atoms with van der Waals surface area (Å²) in [5.41, 5.74) is -0.454. The van der Waals surface area contributed by atoms with Crippen LogP contribution in [0.25, 0.3) is 0 Å². The summed E-state index contributed by atoms with van der Waals surface area (Å²) in [4.78, 5) is 0. The van der Waals surface area contributed by atoms with Gasteiger partial charge >= 0.3 is 0 Å². The van der Waals surface area contributed by atoms with Gasteiger partial charge in [-0.3, -0.25) is 0 Å². The van der Waals surface area contributed by atoms with Crippen LogP contribution in [0, 0.1) is 18.3 Å². The molecule has 92 valence electrons. The third kappa shape index (κ3) is 4.55. The van der Waals surface area contributed by atoms with Crippen molar-refractivity contribution in [3.05, 3.63) is 0 Å². The lowest BCUT2D eigenvalue weighted by Gasteiger charge is -2.27. The summed E-state index contributed by atoms with van der Waals surface area (Å²) in [5, 5.41) is 0. The van der Waals surface area contributed by atoms with Crippen molar-refractivity contribution in [3.8, 4) is 12.3 Å². The minimum absolute atomic E-state index is 0.0832. The Morgan fingerprint density at radius 2 is 2.31 bits per heavy atom. The molecule has 1 heterocycles. The van der Waals surface area contributed by atoms with Gasteiger partial charge in [0.15, 0.2) is 6.29 Å². The van der Waals surface area contributed by atoms with Gasteiger partial charge in [-0.05, 0) is 32.1 Å². The Labute approximate surface area is 99.7 Å². The topological polar surface area (TPSA) is 18.5 Å². The molecule has 0 amide bonds. The largest absolute Gasteiger partial charge is 0.353 e. The average Bonchev–Trinajstić information content (AvgIpc) is 2.69. The highest BCUT2D eigenvalue weighted by Gasteiger charge is 2.28. The van der Waals surface area contributed by atoms with Gasteiger partial charge in [0.25, 0.3) is 0 Å². The molecule has 1 aliphatic rings. The van der Waals surface area contributed by atoms with E-state index in [9.17, 15) is 0 Å². The van der Waals surface area contributed by atoms with Gasteiger partial charge in [-0.15, -0.1) is 6.42 Å². The highest BCUT2D eigenvalue weighted by atomic mass is 16.7. The van der Waals surface area contributed by atoms with E-state index in [4.69, 9.17) is 15.9 Å². The van der Waals surface area contributed by atoms with Crippen LogP contribution >= 0.6 is 0 Å². The Hall–Kier alpha value is -0.520. The van der Waals surface area contributed by atoms with Crippen molar-refractivity contribution in [1.82, 2.24) is 0 Å². The molecular formula is C14H24O2. The highest BCUT2D eigenvalue weighted by Crippen LogP contribution is 2.25. The zero-order chi connectivity index (χ0) is 12.0. The van der Waals surface area contributed by atoms with Gasteiger partial charge in [-0.1, -0.05) is 26.2 Å². The molecule has 0 N–H and O–H groups in total. The molecule has 0 radical (unpaired) electrons. The first-order valence-corrected chi connectivity index (χ1v) is 6.33. The molecule has 1 fully saturated rings. The van der Waals surface area contributed by atoms with Crippen LogP contribution in [0.1, 0.15) is 52.9 Å². The second-order valence-corrected chi connectivity index (χ2v) is 5.22. The van der Waals surface area contributed by atoms with Gasteiger partial charge in [0.2, 0.25) is 0 Å². The predicted molar refractivity (Wildman–Crippen MR) is 66.0 cm³/mol. The number of hydrogen-bond acceptors (Lipinski definition) is 2. The van der Waals surface area contributed by atoms with Crippen molar-refractivity contribution < 1.29 is 9.47 Å². The van der Waals surface area contributed by atoms with Gasteiger partial charge in [0, 0.05) is 13.0 Å². The quantitative estimate of drug-likeness (QED) is 0.644. The summed E-state index contributed by atoms with van der Waals surface area (Å²) in [7, 11) is 0. The smallest absolute Gasteiger partial charge is 0.159 e. The van der Waals surface area contributed by atoms with Crippen LogP contribution in [0.2, 0.25) is 0 Å². The molecule has 2 heteroatoms. The number of ether oxygens (including phenoxy) is 2. The number of rotatable bonds is 6. The van der Waals surface area contributed by atoms with E-state index in [2.05, 4.69) is 19.8 Å². The molecule has 0 aliphatic carbocycles. The van der Waals surface area contributed by atoms with E-state index in [-0.39, 0.29) is 6.29 Å². The molecule has 1 rings (SSSR count). The van der Waals surface area contributed by atoms with Crippen molar-refractivity contribution in [2.24, 2.45) is 5.92 Å². The van der Waals surface area contributed by atoms with Crippen LogP contribution in [0.15, 0.2) is 0 Å². The standard InChI is InChI=1S/C14H24O2/c1-5-14(4,10-6-8-12(2)3)16-13-9-7-11-15-13/h1,12-13H,6-11H2,2-4H3. The van der Waals surface area contributed by atoms with Crippen LogP contribution in [-0.4, -0.2) is 18.5 Å². The Morgan fingerprint density at radius 1 is 1.56 bits per heavy atom. The van der Waals surface area contributed by atoms with E-state index >= 15 is 0 Å². The lowest BCUT2D eigenvalue weighted by atomic mass is 9.96. The normalized spacial score (nSPS) is 24.3. The maximum absolute atomic E-state index is 5.87. The number of terminal acetylenes is 1. The molecule has 2 unspecified atom stereocenters. The van der Waals surface area contributed by atoms with Crippen LogP contribution in [-0.2, 0) is 9.47 Å². The molecule has 0 aromatic rings. The van der Waals surface area contributed by atoms with Gasteiger partial charge in [-0.2, -0.15) is 0 Å². The fourth-order valence-electron chi connectivity index (χ4n) is 1.94. The molecule has 0 spiro atoms. The second kappa shape index (κ2) is 6.27. The first-order valence-electron chi connectivity index (χ1n) is 6.33. The van der Waals surface area contributed by atoms with E-state index in [1.165, 1.54) is 6.42 Å². The maximum Gasteiger partial charge on any atom is 0.159 e. The van der Waals surface area contributed by atoms with E-state index < -0.39 is 5.60 Å². The lowest BCUT2D eigenvalue weighted by Crippen LogP contribution is -2.32. The molecule has 1 aliphatic heterocycles. The van der Waals surface area contributed by atoms with Crippen LogP contribution in [0.3, 0.4) is 0 Å². The van der Waals surface area contributed by atoms with Gasteiger partial charge in [0.05, 0.1) is 0 Å². The van der Waals surface area contributed by atoms with Gasteiger partial charge in [-0.25, -0.2) is 0 Å². The third-order valence-electron chi connectivity index (χ3n) is 3.02. The summed E-state index contributed by atoms with van der Waals surface area (Å²) in [6, 6.07) is 0. The van der Waals surface area contributed by atoms with E-state index in [0.717, 1.165) is 38.2 Å². The lowest BCUT2D eigenvalue weighted by molar-refractivity contribution is -0.166. The zero-order valence-electron chi connectivity index (χ0n) is 10.8. The minimum atomic E-state index is -0.454. The van der Waals surface area contributed by atoms with Crippen molar-refractivity contribution in [2.45, 2.75) is 64.8 Å².